The molecule has 1 radical (unpaired) electrons. The third kappa shape index (κ3) is 15.7. The predicted molar refractivity (Wildman–Crippen MR) is 97.9 cm³/mol. The molecule has 0 spiro atoms. The van der Waals surface area contributed by atoms with E-state index in [1.165, 1.54) is 30.4 Å². The number of hydrogen-bond acceptors (Lipinski definition) is 4. The van der Waals surface area contributed by atoms with Crippen LogP contribution in [0.1, 0.15) is 63.5 Å². The van der Waals surface area contributed by atoms with E-state index < -0.39 is 0 Å². The topological polar surface area (TPSA) is 72.7 Å². The van der Waals surface area contributed by atoms with E-state index in [-0.39, 0.29) is 39.3 Å². The smallest absolute Gasteiger partial charge is 0.0434 e. The van der Waals surface area contributed by atoms with E-state index in [2.05, 4.69) is 24.5 Å². The van der Waals surface area contributed by atoms with Crippen molar-refractivity contribution in [3.63, 3.8) is 0 Å². The zero-order valence-corrected chi connectivity index (χ0v) is 18.8. The molecule has 0 saturated heterocycles. The molecule has 2 rings (SSSR count). The van der Waals surface area contributed by atoms with Gasteiger partial charge in [-0.1, -0.05) is 57.4 Å². The van der Waals surface area contributed by atoms with E-state index in [1.54, 1.807) is 0 Å². The molecule has 5 heteroatoms. The van der Waals surface area contributed by atoms with E-state index in [4.69, 9.17) is 15.4 Å². The van der Waals surface area contributed by atoms with Crippen LogP contribution in [0.4, 0.5) is 0 Å². The molecule has 1 aliphatic rings. The Bertz CT molecular complexity index is 345. The first-order valence-electron chi connectivity index (χ1n) is 8.77. The summed E-state index contributed by atoms with van der Waals surface area (Å²) < 4.78 is 0. The summed E-state index contributed by atoms with van der Waals surface area (Å²) in [5, 5.41) is 24.1. The summed E-state index contributed by atoms with van der Waals surface area (Å²) in [6.45, 7) is 6.39. The Labute approximate surface area is 173 Å². The molecule has 4 nitrogen and oxygen atoms in total. The monoisotopic (exact) mass is 416 g/mol. The third-order valence-corrected chi connectivity index (χ3v) is 3.65. The van der Waals surface area contributed by atoms with Crippen LogP contribution in [0, 0.1) is 6.92 Å². The van der Waals surface area contributed by atoms with Crippen molar-refractivity contribution in [1.29, 1.82) is 0 Å². The molecule has 0 aliphatic heterocycles. The largest absolute Gasteiger partial charge is 0.400 e. The van der Waals surface area contributed by atoms with E-state index in [1.807, 2.05) is 26.0 Å². The molecule has 1 fully saturated rings. The first-order valence-corrected chi connectivity index (χ1v) is 8.77. The van der Waals surface area contributed by atoms with Crippen LogP contribution in [0.25, 0.3) is 0 Å². The minimum Gasteiger partial charge on any atom is -0.400 e. The molecule has 1 saturated carbocycles. The summed E-state index contributed by atoms with van der Waals surface area (Å²) in [4.78, 5) is 0. The third-order valence-electron chi connectivity index (χ3n) is 3.65. The molecule has 4 N–H and O–H groups in total. The van der Waals surface area contributed by atoms with Crippen LogP contribution in [-0.2, 0) is 39.1 Å². The Morgan fingerprint density at radius 1 is 1.04 bits per heavy atom. The van der Waals surface area contributed by atoms with Crippen LogP contribution in [0.15, 0.2) is 24.3 Å². The molecule has 0 amide bonds. The fourth-order valence-corrected chi connectivity index (χ4v) is 2.39. The van der Waals surface area contributed by atoms with Gasteiger partial charge in [-0.3, -0.25) is 0 Å². The second kappa shape index (κ2) is 23.2. The number of aryl methyl sites for hydroxylation is 2. The molecule has 0 aromatic heterocycles. The molecule has 0 heterocycles. The number of benzene rings is 1. The van der Waals surface area contributed by atoms with Crippen LogP contribution >= 0.6 is 0 Å². The second-order valence-corrected chi connectivity index (χ2v) is 5.22. The summed E-state index contributed by atoms with van der Waals surface area (Å²) in [5.74, 6) is 0. The Balaban J connectivity index is -0.000000302. The van der Waals surface area contributed by atoms with Crippen molar-refractivity contribution in [3.8, 4) is 0 Å². The minimum atomic E-state index is 0. The molecule has 0 atom stereocenters. The van der Waals surface area contributed by atoms with Gasteiger partial charge in [0.2, 0.25) is 0 Å². The van der Waals surface area contributed by atoms with Crippen LogP contribution in [0.3, 0.4) is 0 Å². The Kier molecular flexibility index (Phi) is 27.9. The summed E-state index contributed by atoms with van der Waals surface area (Å²) in [7, 11) is 1.00. The van der Waals surface area contributed by atoms with Crippen molar-refractivity contribution in [1.82, 2.24) is 5.48 Å². The number of rotatable bonds is 4. The van der Waals surface area contributed by atoms with Crippen molar-refractivity contribution in [2.45, 2.75) is 71.8 Å². The van der Waals surface area contributed by atoms with Gasteiger partial charge in [0.15, 0.2) is 0 Å². The van der Waals surface area contributed by atoms with Crippen LogP contribution < -0.4 is 5.48 Å². The summed E-state index contributed by atoms with van der Waals surface area (Å²) in [6, 6.07) is 8.69. The van der Waals surface area contributed by atoms with Crippen molar-refractivity contribution < 1.29 is 48.1 Å². The van der Waals surface area contributed by atoms with Gasteiger partial charge >= 0.3 is 0 Å². The quantitative estimate of drug-likeness (QED) is 0.563. The first-order chi connectivity index (χ1) is 11.3. The Morgan fingerprint density at radius 3 is 2.00 bits per heavy atom. The molecule has 1 aliphatic carbocycles. The van der Waals surface area contributed by atoms with Crippen LogP contribution in [0.2, 0.25) is 0 Å². The van der Waals surface area contributed by atoms with Gasteiger partial charge in [-0.05, 0) is 43.7 Å². The SMILES string of the molecule is CC.CO.Cc1ccccc1CCCO.ONC1CCCCC1.[Y]. The maximum atomic E-state index is 8.62. The van der Waals surface area contributed by atoms with Gasteiger partial charge in [-0.25, -0.2) is 5.48 Å². The van der Waals surface area contributed by atoms with Gasteiger partial charge in [-0.15, -0.1) is 0 Å². The number of hydrogen-bond donors (Lipinski definition) is 4. The van der Waals surface area contributed by atoms with Crippen molar-refractivity contribution >= 4 is 0 Å². The molecule has 1 aromatic carbocycles. The van der Waals surface area contributed by atoms with Crippen molar-refractivity contribution in [3.05, 3.63) is 35.4 Å². The minimum absolute atomic E-state index is 0. The molecule has 24 heavy (non-hydrogen) atoms. The Morgan fingerprint density at radius 2 is 1.58 bits per heavy atom. The first kappa shape index (κ1) is 28.9. The van der Waals surface area contributed by atoms with Crippen LogP contribution in [-0.4, -0.2) is 35.2 Å². The van der Waals surface area contributed by atoms with Gasteiger partial charge in [0.25, 0.3) is 0 Å². The fourth-order valence-electron chi connectivity index (χ4n) is 2.39. The second-order valence-electron chi connectivity index (χ2n) is 5.22. The zero-order chi connectivity index (χ0) is 17.9. The molecule has 1 aromatic rings. The molecule has 0 bridgehead atoms. The van der Waals surface area contributed by atoms with Crippen molar-refractivity contribution in [2.24, 2.45) is 0 Å². The summed E-state index contributed by atoms with van der Waals surface area (Å²) >= 11 is 0. The maximum absolute atomic E-state index is 8.62. The van der Waals surface area contributed by atoms with E-state index >= 15 is 0 Å². The summed E-state index contributed by atoms with van der Waals surface area (Å²) in [5.41, 5.74) is 4.97. The number of hydroxylamine groups is 1. The zero-order valence-electron chi connectivity index (χ0n) is 16.0. The number of aliphatic hydroxyl groups is 2. The summed E-state index contributed by atoms with van der Waals surface area (Å²) in [6.07, 6.45) is 8.05. The van der Waals surface area contributed by atoms with Gasteiger partial charge < -0.3 is 15.4 Å². The molecule has 0 unspecified atom stereocenters. The standard InChI is InChI=1S/C10H14O.C6H13NO.C2H6.CH4O.Y/c1-9-5-2-3-6-10(9)7-4-8-11;8-7-6-4-2-1-3-5-6;2*1-2;/h2-3,5-6,11H,4,7-8H2,1H3;6-8H,1-5H2;1-2H3;2H,1H3;. The maximum Gasteiger partial charge on any atom is 0.0434 e. The average molecular weight is 416 g/mol. The average Bonchev–Trinajstić information content (AvgIpc) is 2.65. The number of nitrogens with one attached hydrogen (secondary N) is 1. The van der Waals surface area contributed by atoms with Crippen molar-refractivity contribution in [2.75, 3.05) is 13.7 Å². The normalized spacial score (nSPS) is 13.0. The van der Waals surface area contributed by atoms with Gasteiger partial charge in [0.1, 0.15) is 0 Å². The van der Waals surface area contributed by atoms with Gasteiger partial charge in [0.05, 0.1) is 0 Å². The Hall–Kier alpha value is 0.164. The number of aliphatic hydroxyl groups excluding tert-OH is 2. The molecule has 139 valence electrons. The molecular formula is C19H37NO3Y. The van der Waals surface area contributed by atoms with E-state index in [0.717, 1.165) is 32.8 Å². The van der Waals surface area contributed by atoms with Gasteiger partial charge in [0, 0.05) is 52.5 Å². The van der Waals surface area contributed by atoms with Crippen LogP contribution in [0.5, 0.6) is 0 Å². The predicted octanol–water partition coefficient (Wildman–Crippen LogP) is 3.85. The van der Waals surface area contributed by atoms with Gasteiger partial charge in [-0.2, -0.15) is 0 Å². The van der Waals surface area contributed by atoms with E-state index in [0.29, 0.717) is 6.04 Å². The molecular weight excluding hydrogens is 379 g/mol. The van der Waals surface area contributed by atoms with E-state index in [9.17, 15) is 0 Å². The fraction of sp³-hybridized carbons (Fsp3) is 0.684.